The van der Waals surface area contributed by atoms with Crippen LogP contribution in [0.25, 0.3) is 0 Å². The van der Waals surface area contributed by atoms with Gasteiger partial charge in [0.1, 0.15) is 0 Å². The summed E-state index contributed by atoms with van der Waals surface area (Å²) in [4.78, 5) is 17.2. The molecule has 16 heavy (non-hydrogen) atoms. The van der Waals surface area contributed by atoms with Crippen molar-refractivity contribution >= 4 is 11.7 Å². The highest BCUT2D eigenvalue weighted by atomic mass is 16.5. The van der Waals surface area contributed by atoms with Gasteiger partial charge in [-0.1, -0.05) is 0 Å². The average Bonchev–Trinajstić information content (AvgIpc) is 2.30. The Kier molecular flexibility index (Phi) is 3.05. The number of aromatic nitrogens is 1. The molecule has 0 radical (unpaired) electrons. The van der Waals surface area contributed by atoms with Gasteiger partial charge < -0.3 is 14.7 Å². The van der Waals surface area contributed by atoms with Crippen LogP contribution in [-0.4, -0.2) is 42.4 Å². The van der Waals surface area contributed by atoms with Crippen LogP contribution in [0.5, 0.6) is 0 Å². The number of hydrogen-bond acceptors (Lipinski definition) is 4. The summed E-state index contributed by atoms with van der Waals surface area (Å²) in [5.41, 5.74) is 1.53. The van der Waals surface area contributed by atoms with E-state index in [4.69, 9.17) is 9.84 Å². The summed E-state index contributed by atoms with van der Waals surface area (Å²) in [6.07, 6.45) is 0. The number of carboxylic acid groups (broad SMARTS) is 1. The standard InChI is InChI=1S/C11H14N2O3/c1-8-2-3-9(10(12-8)11(14)15)13-4-6-16-7-5-13/h2-3H,4-7H2,1H3,(H,14,15). The summed E-state index contributed by atoms with van der Waals surface area (Å²) in [6.45, 7) is 4.48. The molecule has 0 amide bonds. The number of ether oxygens (including phenoxy) is 1. The molecule has 5 heteroatoms. The van der Waals surface area contributed by atoms with Crippen LogP contribution in [-0.2, 0) is 4.74 Å². The maximum Gasteiger partial charge on any atom is 0.356 e. The van der Waals surface area contributed by atoms with Crippen molar-refractivity contribution in [2.45, 2.75) is 6.92 Å². The SMILES string of the molecule is Cc1ccc(N2CCOCC2)c(C(=O)O)n1. The van der Waals surface area contributed by atoms with Crippen LogP contribution >= 0.6 is 0 Å². The van der Waals surface area contributed by atoms with Crippen molar-refractivity contribution in [2.75, 3.05) is 31.2 Å². The quantitative estimate of drug-likeness (QED) is 0.806. The van der Waals surface area contributed by atoms with Crippen LogP contribution in [0.15, 0.2) is 12.1 Å². The largest absolute Gasteiger partial charge is 0.476 e. The Hall–Kier alpha value is -1.62. The first-order valence-corrected chi connectivity index (χ1v) is 5.22. The van der Waals surface area contributed by atoms with Crippen molar-refractivity contribution < 1.29 is 14.6 Å². The predicted molar refractivity (Wildman–Crippen MR) is 59.0 cm³/mol. The number of aromatic carboxylic acids is 1. The van der Waals surface area contributed by atoms with E-state index in [2.05, 4.69) is 4.98 Å². The number of carbonyl (C=O) groups is 1. The molecule has 1 saturated heterocycles. The van der Waals surface area contributed by atoms with Crippen molar-refractivity contribution in [1.29, 1.82) is 0 Å². The lowest BCUT2D eigenvalue weighted by atomic mass is 10.2. The van der Waals surface area contributed by atoms with Crippen LogP contribution < -0.4 is 4.90 Å². The van der Waals surface area contributed by atoms with Gasteiger partial charge in [-0.2, -0.15) is 0 Å². The van der Waals surface area contributed by atoms with Crippen molar-refractivity contribution in [3.8, 4) is 0 Å². The van der Waals surface area contributed by atoms with Crippen molar-refractivity contribution in [3.63, 3.8) is 0 Å². The van der Waals surface area contributed by atoms with Gasteiger partial charge in [0.05, 0.1) is 18.9 Å². The van der Waals surface area contributed by atoms with Gasteiger partial charge in [-0.25, -0.2) is 9.78 Å². The second-order valence-electron chi connectivity index (χ2n) is 3.72. The van der Waals surface area contributed by atoms with Gasteiger partial charge in [-0.15, -0.1) is 0 Å². The molecular formula is C11H14N2O3. The van der Waals surface area contributed by atoms with Crippen molar-refractivity contribution in [1.82, 2.24) is 4.98 Å². The lowest BCUT2D eigenvalue weighted by molar-refractivity contribution is 0.0689. The number of anilines is 1. The molecule has 1 N–H and O–H groups in total. The Morgan fingerprint density at radius 1 is 1.44 bits per heavy atom. The van der Waals surface area contributed by atoms with E-state index in [1.54, 1.807) is 6.92 Å². The number of carboxylic acids is 1. The summed E-state index contributed by atoms with van der Waals surface area (Å²) < 4.78 is 5.24. The molecule has 0 bridgehead atoms. The first-order valence-electron chi connectivity index (χ1n) is 5.22. The summed E-state index contributed by atoms with van der Waals surface area (Å²) in [7, 11) is 0. The summed E-state index contributed by atoms with van der Waals surface area (Å²) >= 11 is 0. The molecule has 1 fully saturated rings. The molecule has 1 aliphatic rings. The van der Waals surface area contributed by atoms with Crippen LogP contribution in [0.4, 0.5) is 5.69 Å². The van der Waals surface area contributed by atoms with Gasteiger partial charge in [-0.05, 0) is 19.1 Å². The van der Waals surface area contributed by atoms with Crippen LogP contribution in [0, 0.1) is 6.92 Å². The predicted octanol–water partition coefficient (Wildman–Crippen LogP) is 0.925. The molecule has 0 saturated carbocycles. The molecule has 2 rings (SSSR count). The zero-order valence-electron chi connectivity index (χ0n) is 9.14. The Balaban J connectivity index is 2.34. The summed E-state index contributed by atoms with van der Waals surface area (Å²) in [5.74, 6) is -0.981. The minimum Gasteiger partial charge on any atom is -0.476 e. The number of aryl methyl sites for hydroxylation is 1. The average molecular weight is 222 g/mol. The van der Waals surface area contributed by atoms with E-state index in [0.717, 1.165) is 5.69 Å². The highest BCUT2D eigenvalue weighted by Gasteiger charge is 2.19. The molecule has 1 aliphatic heterocycles. The Labute approximate surface area is 93.7 Å². The van der Waals surface area contributed by atoms with Gasteiger partial charge in [0.2, 0.25) is 0 Å². The van der Waals surface area contributed by atoms with E-state index in [1.165, 1.54) is 0 Å². The van der Waals surface area contributed by atoms with Crippen molar-refractivity contribution in [2.24, 2.45) is 0 Å². The highest BCUT2D eigenvalue weighted by Crippen LogP contribution is 2.20. The van der Waals surface area contributed by atoms with E-state index >= 15 is 0 Å². The third kappa shape index (κ3) is 2.14. The fraction of sp³-hybridized carbons (Fsp3) is 0.455. The Morgan fingerprint density at radius 2 is 2.12 bits per heavy atom. The normalized spacial score (nSPS) is 16.2. The molecular weight excluding hydrogens is 208 g/mol. The number of pyridine rings is 1. The maximum atomic E-state index is 11.1. The van der Waals surface area contributed by atoms with Gasteiger partial charge in [0, 0.05) is 18.8 Å². The molecule has 86 valence electrons. The fourth-order valence-corrected chi connectivity index (χ4v) is 1.77. The van der Waals surface area contributed by atoms with Gasteiger partial charge in [0.15, 0.2) is 5.69 Å². The first kappa shape index (κ1) is 10.9. The van der Waals surface area contributed by atoms with Crippen molar-refractivity contribution in [3.05, 3.63) is 23.5 Å². The first-order chi connectivity index (χ1) is 7.68. The molecule has 0 spiro atoms. The third-order valence-electron chi connectivity index (χ3n) is 2.57. The number of morpholine rings is 1. The van der Waals surface area contributed by atoms with Gasteiger partial charge in [-0.3, -0.25) is 0 Å². The zero-order chi connectivity index (χ0) is 11.5. The molecule has 5 nitrogen and oxygen atoms in total. The van der Waals surface area contributed by atoms with E-state index in [9.17, 15) is 4.79 Å². The molecule has 0 aliphatic carbocycles. The van der Waals surface area contributed by atoms with Crippen LogP contribution in [0.1, 0.15) is 16.2 Å². The molecule has 1 aromatic heterocycles. The van der Waals surface area contributed by atoms with Gasteiger partial charge in [0.25, 0.3) is 0 Å². The maximum absolute atomic E-state index is 11.1. The highest BCUT2D eigenvalue weighted by molar-refractivity contribution is 5.92. The number of nitrogens with zero attached hydrogens (tertiary/aromatic N) is 2. The molecule has 1 aromatic rings. The topological polar surface area (TPSA) is 62.7 Å². The molecule has 0 unspecified atom stereocenters. The molecule has 0 aromatic carbocycles. The number of hydrogen-bond donors (Lipinski definition) is 1. The minimum absolute atomic E-state index is 0.127. The van der Waals surface area contributed by atoms with E-state index in [0.29, 0.717) is 32.0 Å². The van der Waals surface area contributed by atoms with E-state index in [-0.39, 0.29) is 5.69 Å². The summed E-state index contributed by atoms with van der Waals surface area (Å²) in [5, 5.41) is 9.10. The molecule has 2 heterocycles. The summed E-state index contributed by atoms with van der Waals surface area (Å²) in [6, 6.07) is 3.65. The smallest absolute Gasteiger partial charge is 0.356 e. The fourth-order valence-electron chi connectivity index (χ4n) is 1.77. The van der Waals surface area contributed by atoms with Crippen LogP contribution in [0.3, 0.4) is 0 Å². The lowest BCUT2D eigenvalue weighted by Gasteiger charge is -2.29. The second kappa shape index (κ2) is 4.49. The van der Waals surface area contributed by atoms with E-state index < -0.39 is 5.97 Å². The van der Waals surface area contributed by atoms with Gasteiger partial charge >= 0.3 is 5.97 Å². The Morgan fingerprint density at radius 3 is 2.75 bits per heavy atom. The second-order valence-corrected chi connectivity index (χ2v) is 3.72. The zero-order valence-corrected chi connectivity index (χ0v) is 9.14. The third-order valence-corrected chi connectivity index (χ3v) is 2.57. The monoisotopic (exact) mass is 222 g/mol. The molecule has 0 atom stereocenters. The van der Waals surface area contributed by atoms with Crippen LogP contribution in [0.2, 0.25) is 0 Å². The minimum atomic E-state index is -0.981. The van der Waals surface area contributed by atoms with E-state index in [1.807, 2.05) is 17.0 Å². The Bertz CT molecular complexity index is 400. The lowest BCUT2D eigenvalue weighted by Crippen LogP contribution is -2.37. The number of rotatable bonds is 2.